The van der Waals surface area contributed by atoms with E-state index in [1.807, 2.05) is 0 Å². The van der Waals surface area contributed by atoms with Crippen molar-refractivity contribution in [1.29, 1.82) is 0 Å². The molecule has 0 aliphatic heterocycles. The zero-order valence-corrected chi connectivity index (χ0v) is 9.05. The second-order valence-electron chi connectivity index (χ2n) is 3.39. The van der Waals surface area contributed by atoms with E-state index in [0.717, 1.165) is 0 Å². The van der Waals surface area contributed by atoms with Crippen LogP contribution < -0.4 is 0 Å². The van der Waals surface area contributed by atoms with Gasteiger partial charge in [0.15, 0.2) is 5.78 Å². The van der Waals surface area contributed by atoms with Crippen molar-refractivity contribution in [2.75, 3.05) is 5.88 Å². The summed E-state index contributed by atoms with van der Waals surface area (Å²) in [7, 11) is 0. The van der Waals surface area contributed by atoms with E-state index in [9.17, 15) is 18.0 Å². The Morgan fingerprint density at radius 1 is 1.25 bits per heavy atom. The van der Waals surface area contributed by atoms with Crippen molar-refractivity contribution in [3.63, 3.8) is 0 Å². The number of benzene rings is 1. The Bertz CT molecular complexity index is 348. The normalized spacial score (nSPS) is 13.5. The minimum absolute atomic E-state index is 0.280. The maximum atomic E-state index is 12.4. The molecular weight excluding hydrogens is 241 g/mol. The second-order valence-corrected chi connectivity index (χ2v) is 3.69. The molecule has 88 valence electrons. The van der Waals surface area contributed by atoms with Crippen molar-refractivity contribution in [3.05, 3.63) is 35.9 Å². The molecule has 1 atom stereocenters. The summed E-state index contributed by atoms with van der Waals surface area (Å²) in [6.07, 6.45) is -5.02. The van der Waals surface area contributed by atoms with Crippen LogP contribution in [0.3, 0.4) is 0 Å². The molecule has 0 aromatic heterocycles. The molecule has 1 rings (SSSR count). The third-order valence-corrected chi connectivity index (χ3v) is 2.55. The van der Waals surface area contributed by atoms with E-state index in [4.69, 9.17) is 11.6 Å². The van der Waals surface area contributed by atoms with E-state index in [1.54, 1.807) is 18.2 Å². The van der Waals surface area contributed by atoms with E-state index in [1.165, 1.54) is 12.1 Å². The SMILES string of the molecule is O=C(CC(CCl)C(F)(F)F)c1ccccc1. The summed E-state index contributed by atoms with van der Waals surface area (Å²) in [6, 6.07) is 7.89. The highest BCUT2D eigenvalue weighted by Gasteiger charge is 2.40. The summed E-state index contributed by atoms with van der Waals surface area (Å²) in [5.41, 5.74) is 0.280. The van der Waals surface area contributed by atoms with Gasteiger partial charge in [0.05, 0.1) is 5.92 Å². The predicted octanol–water partition coefficient (Wildman–Crippen LogP) is 3.68. The molecule has 5 heteroatoms. The largest absolute Gasteiger partial charge is 0.393 e. The summed E-state index contributed by atoms with van der Waals surface area (Å²) in [5, 5.41) is 0. The number of alkyl halides is 4. The predicted molar refractivity (Wildman–Crippen MR) is 55.7 cm³/mol. The monoisotopic (exact) mass is 250 g/mol. The van der Waals surface area contributed by atoms with Gasteiger partial charge in [-0.15, -0.1) is 11.6 Å². The lowest BCUT2D eigenvalue weighted by molar-refractivity contribution is -0.167. The fourth-order valence-electron chi connectivity index (χ4n) is 1.22. The first-order valence-corrected chi connectivity index (χ1v) is 5.19. The molecule has 1 nitrogen and oxygen atoms in total. The third-order valence-electron chi connectivity index (χ3n) is 2.18. The van der Waals surface area contributed by atoms with Crippen molar-refractivity contribution < 1.29 is 18.0 Å². The van der Waals surface area contributed by atoms with Crippen molar-refractivity contribution in [2.24, 2.45) is 5.92 Å². The summed E-state index contributed by atoms with van der Waals surface area (Å²) in [4.78, 5) is 11.5. The lowest BCUT2D eigenvalue weighted by Crippen LogP contribution is -2.27. The molecule has 1 unspecified atom stereocenters. The highest BCUT2D eigenvalue weighted by molar-refractivity contribution is 6.18. The molecular formula is C11H10ClF3O. The Morgan fingerprint density at radius 3 is 2.25 bits per heavy atom. The average molecular weight is 251 g/mol. The Hall–Kier alpha value is -1.03. The fraction of sp³-hybridized carbons (Fsp3) is 0.364. The molecule has 0 radical (unpaired) electrons. The van der Waals surface area contributed by atoms with Crippen molar-refractivity contribution in [1.82, 2.24) is 0 Å². The van der Waals surface area contributed by atoms with Crippen LogP contribution in [0.15, 0.2) is 30.3 Å². The number of rotatable bonds is 4. The zero-order chi connectivity index (χ0) is 12.2. The van der Waals surface area contributed by atoms with Gasteiger partial charge in [-0.1, -0.05) is 30.3 Å². The van der Waals surface area contributed by atoms with Gasteiger partial charge < -0.3 is 0 Å². The van der Waals surface area contributed by atoms with Gasteiger partial charge in [-0.25, -0.2) is 0 Å². The average Bonchev–Trinajstić information content (AvgIpc) is 2.25. The zero-order valence-electron chi connectivity index (χ0n) is 8.30. The Kier molecular flexibility index (Phi) is 4.35. The lowest BCUT2D eigenvalue weighted by Gasteiger charge is -2.16. The second kappa shape index (κ2) is 5.34. The number of carbonyl (C=O) groups is 1. The highest BCUT2D eigenvalue weighted by atomic mass is 35.5. The summed E-state index contributed by atoms with van der Waals surface area (Å²) in [6.45, 7) is 0. The third kappa shape index (κ3) is 3.52. The summed E-state index contributed by atoms with van der Waals surface area (Å²) >= 11 is 5.21. The minimum Gasteiger partial charge on any atom is -0.294 e. The van der Waals surface area contributed by atoms with Crippen LogP contribution >= 0.6 is 11.6 Å². The van der Waals surface area contributed by atoms with Gasteiger partial charge in [-0.3, -0.25) is 4.79 Å². The molecule has 1 aromatic carbocycles. The van der Waals surface area contributed by atoms with Crippen LogP contribution in [0.1, 0.15) is 16.8 Å². The number of hydrogen-bond acceptors (Lipinski definition) is 1. The molecule has 0 saturated carbocycles. The topological polar surface area (TPSA) is 17.1 Å². The molecule has 16 heavy (non-hydrogen) atoms. The summed E-state index contributed by atoms with van der Waals surface area (Å²) in [5.74, 6) is -2.91. The van der Waals surface area contributed by atoms with Gasteiger partial charge in [0, 0.05) is 17.9 Å². The minimum atomic E-state index is -4.42. The van der Waals surface area contributed by atoms with Crippen LogP contribution in [-0.4, -0.2) is 17.8 Å². The molecule has 0 saturated heterocycles. The molecule has 0 N–H and O–H groups in total. The molecule has 0 amide bonds. The van der Waals surface area contributed by atoms with E-state index in [2.05, 4.69) is 0 Å². The van der Waals surface area contributed by atoms with Crippen LogP contribution in [0.5, 0.6) is 0 Å². The maximum Gasteiger partial charge on any atom is 0.393 e. The Morgan fingerprint density at radius 2 is 1.81 bits per heavy atom. The van der Waals surface area contributed by atoms with Crippen LogP contribution in [-0.2, 0) is 0 Å². The van der Waals surface area contributed by atoms with E-state index >= 15 is 0 Å². The Labute approximate surface area is 96.2 Å². The number of carbonyl (C=O) groups excluding carboxylic acids is 1. The van der Waals surface area contributed by atoms with Gasteiger partial charge in [-0.2, -0.15) is 13.2 Å². The lowest BCUT2D eigenvalue weighted by atomic mass is 9.99. The standard InChI is InChI=1S/C11H10ClF3O/c12-7-9(11(13,14)15)6-10(16)8-4-2-1-3-5-8/h1-5,9H,6-7H2. The smallest absolute Gasteiger partial charge is 0.294 e. The van der Waals surface area contributed by atoms with Crippen molar-refractivity contribution >= 4 is 17.4 Å². The van der Waals surface area contributed by atoms with Gasteiger partial charge >= 0.3 is 6.18 Å². The number of Topliss-reactive ketones (excluding diaryl/α,β-unsaturated/α-hetero) is 1. The van der Waals surface area contributed by atoms with E-state index in [-0.39, 0.29) is 5.56 Å². The van der Waals surface area contributed by atoms with Gasteiger partial charge in [0.25, 0.3) is 0 Å². The Balaban J connectivity index is 2.71. The molecule has 0 aliphatic carbocycles. The fourth-order valence-corrected chi connectivity index (χ4v) is 1.51. The maximum absolute atomic E-state index is 12.4. The van der Waals surface area contributed by atoms with Gasteiger partial charge in [0.2, 0.25) is 0 Å². The van der Waals surface area contributed by atoms with Crippen LogP contribution in [0.25, 0.3) is 0 Å². The number of hydrogen-bond donors (Lipinski definition) is 0. The van der Waals surface area contributed by atoms with Crippen molar-refractivity contribution in [2.45, 2.75) is 12.6 Å². The molecule has 0 fully saturated rings. The van der Waals surface area contributed by atoms with Crippen LogP contribution in [0.4, 0.5) is 13.2 Å². The molecule has 1 aromatic rings. The van der Waals surface area contributed by atoms with Gasteiger partial charge in [-0.05, 0) is 0 Å². The molecule has 0 bridgehead atoms. The van der Waals surface area contributed by atoms with Gasteiger partial charge in [0.1, 0.15) is 0 Å². The summed E-state index contributed by atoms with van der Waals surface area (Å²) < 4.78 is 37.1. The van der Waals surface area contributed by atoms with E-state index < -0.39 is 30.2 Å². The van der Waals surface area contributed by atoms with Crippen LogP contribution in [0, 0.1) is 5.92 Å². The molecule has 0 aliphatic rings. The first-order chi connectivity index (χ1) is 7.45. The molecule has 0 heterocycles. The van der Waals surface area contributed by atoms with E-state index in [0.29, 0.717) is 0 Å². The van der Waals surface area contributed by atoms with Crippen molar-refractivity contribution in [3.8, 4) is 0 Å². The number of ketones is 1. The highest BCUT2D eigenvalue weighted by Crippen LogP contribution is 2.30. The first kappa shape index (κ1) is 13.0. The first-order valence-electron chi connectivity index (χ1n) is 4.66. The number of halogens is 4. The van der Waals surface area contributed by atoms with Crippen LogP contribution in [0.2, 0.25) is 0 Å². The molecule has 0 spiro atoms. The quantitative estimate of drug-likeness (QED) is 0.589.